The molecule has 4 heterocycles. The molecular formula is C62H68GeIrN4O-2. The molecule has 0 amide bonds. The monoisotopic (exact) mass is 1150 g/mol. The van der Waals surface area contributed by atoms with Crippen LogP contribution in [0, 0.1) is 30.4 Å². The zero-order valence-corrected chi connectivity index (χ0v) is 47.0. The summed E-state index contributed by atoms with van der Waals surface area (Å²) in [6.07, 6.45) is 9.96. The Kier molecular flexibility index (Phi) is 15.1. The van der Waals surface area contributed by atoms with Crippen molar-refractivity contribution in [2.75, 3.05) is 0 Å². The number of hydrogen-bond donors (Lipinski definition) is 0. The summed E-state index contributed by atoms with van der Waals surface area (Å²) in [6, 6.07) is 47.7. The molecule has 0 spiro atoms. The zero-order chi connectivity index (χ0) is 47.9. The average Bonchev–Trinajstić information content (AvgIpc) is 4.06. The SMILES string of the molecule is Cc1ccc2nc(-c3[c-]ccc4c3oc3nc(CC(C)(C)C)ccc34)n(-c3c(C(C)C)cc(-c4ccccc4)cc3C(C)C)c2c1.[CH3][Ge]([CH3])([CH3])[c]1cnc(-c2[c-]cccc2)cc1CC1CCCC1.[Ir]. The van der Waals surface area contributed by atoms with Gasteiger partial charge in [0.1, 0.15) is 0 Å². The number of aromatic nitrogens is 4. The summed E-state index contributed by atoms with van der Waals surface area (Å²) in [5, 5.41) is 2.04. The number of hydrogen-bond acceptors (Lipinski definition) is 4. The summed E-state index contributed by atoms with van der Waals surface area (Å²) in [5.74, 6) is 9.71. The quantitative estimate of drug-likeness (QED) is 0.101. The minimum atomic E-state index is -1.87. The average molecular weight is 1150 g/mol. The van der Waals surface area contributed by atoms with E-state index in [9.17, 15) is 0 Å². The van der Waals surface area contributed by atoms with E-state index in [1.807, 2.05) is 18.2 Å². The van der Waals surface area contributed by atoms with Crippen molar-refractivity contribution in [2.24, 2.45) is 11.3 Å². The molecule has 1 aliphatic carbocycles. The van der Waals surface area contributed by atoms with Crippen molar-refractivity contribution in [1.29, 1.82) is 0 Å². The fraction of sp³-hybridized carbons (Fsp3) is 0.339. The third kappa shape index (κ3) is 10.9. The first-order chi connectivity index (χ1) is 32.5. The Morgan fingerprint density at radius 2 is 1.46 bits per heavy atom. The van der Waals surface area contributed by atoms with Gasteiger partial charge in [0, 0.05) is 36.9 Å². The van der Waals surface area contributed by atoms with E-state index >= 15 is 0 Å². The molecule has 69 heavy (non-hydrogen) atoms. The van der Waals surface area contributed by atoms with Gasteiger partial charge in [-0.05, 0) is 94.8 Å². The number of benzene rings is 5. The molecule has 4 aromatic heterocycles. The molecule has 1 radical (unpaired) electrons. The normalized spacial score (nSPS) is 13.4. The van der Waals surface area contributed by atoms with E-state index in [0.29, 0.717) is 5.71 Å². The van der Waals surface area contributed by atoms with Gasteiger partial charge in [-0.2, -0.15) is 0 Å². The maximum atomic E-state index is 6.64. The van der Waals surface area contributed by atoms with Crippen molar-refractivity contribution in [3.8, 4) is 39.5 Å². The van der Waals surface area contributed by atoms with Gasteiger partial charge in [0.25, 0.3) is 0 Å². The third-order valence-corrected chi connectivity index (χ3v) is 17.9. The van der Waals surface area contributed by atoms with Gasteiger partial charge in [-0.25, -0.2) is 4.98 Å². The molecule has 0 N–H and O–H groups in total. The molecule has 5 nitrogen and oxygen atoms in total. The summed E-state index contributed by atoms with van der Waals surface area (Å²) >= 11 is -1.87. The fourth-order valence-electron chi connectivity index (χ4n) is 10.2. The Balaban J connectivity index is 0.000000234. The number of rotatable bonds is 10. The van der Waals surface area contributed by atoms with Gasteiger partial charge >= 0.3 is 137 Å². The maximum Gasteiger partial charge on any atom is 0 e. The first kappa shape index (κ1) is 50.3. The van der Waals surface area contributed by atoms with Crippen LogP contribution in [0.15, 0.2) is 126 Å². The molecule has 9 aromatic rings. The van der Waals surface area contributed by atoms with Crippen LogP contribution in [0.2, 0.25) is 17.3 Å². The molecule has 7 heteroatoms. The molecule has 1 aliphatic rings. The van der Waals surface area contributed by atoms with E-state index in [4.69, 9.17) is 19.4 Å². The Labute approximate surface area is 427 Å². The Morgan fingerprint density at radius 3 is 2.12 bits per heavy atom. The van der Waals surface area contributed by atoms with Crippen molar-refractivity contribution < 1.29 is 24.5 Å². The predicted molar refractivity (Wildman–Crippen MR) is 289 cm³/mol. The molecule has 10 rings (SSSR count). The minimum Gasteiger partial charge on any atom is 0 e. The topological polar surface area (TPSA) is 56.7 Å². The van der Waals surface area contributed by atoms with Gasteiger partial charge in [0.2, 0.25) is 5.71 Å². The molecule has 0 unspecified atom stereocenters. The van der Waals surface area contributed by atoms with Gasteiger partial charge in [-0.15, -0.1) is 18.2 Å². The van der Waals surface area contributed by atoms with E-state index in [1.165, 1.54) is 65.6 Å². The molecule has 1 saturated carbocycles. The minimum absolute atomic E-state index is 0. The molecule has 0 aliphatic heterocycles. The van der Waals surface area contributed by atoms with Crippen LogP contribution in [-0.4, -0.2) is 32.8 Å². The first-order valence-electron chi connectivity index (χ1n) is 24.9. The van der Waals surface area contributed by atoms with Gasteiger partial charge < -0.3 is 8.98 Å². The number of imidazole rings is 1. The van der Waals surface area contributed by atoms with E-state index < -0.39 is 13.3 Å². The van der Waals surface area contributed by atoms with Crippen LogP contribution in [0.25, 0.3) is 72.6 Å². The number of furan rings is 1. The smallest absolute Gasteiger partial charge is 0 e. The van der Waals surface area contributed by atoms with E-state index in [0.717, 1.165) is 68.1 Å². The van der Waals surface area contributed by atoms with Crippen LogP contribution in [0.5, 0.6) is 0 Å². The second kappa shape index (κ2) is 20.7. The van der Waals surface area contributed by atoms with Crippen LogP contribution in [0.1, 0.15) is 114 Å². The van der Waals surface area contributed by atoms with Gasteiger partial charge in [0.05, 0.1) is 22.4 Å². The molecular weight excluding hydrogens is 1080 g/mol. The molecule has 0 saturated heterocycles. The first-order valence-corrected chi connectivity index (χ1v) is 32.3. The van der Waals surface area contributed by atoms with Crippen LogP contribution in [0.4, 0.5) is 0 Å². The Morgan fingerprint density at radius 1 is 0.754 bits per heavy atom. The van der Waals surface area contributed by atoms with Crippen molar-refractivity contribution in [1.82, 2.24) is 19.5 Å². The Hall–Kier alpha value is -5.14. The number of nitrogens with zero attached hydrogens (tertiary/aromatic N) is 4. The zero-order valence-electron chi connectivity index (χ0n) is 42.6. The standard InChI is InChI=1S/C42H42N3O.C20H26GeN.Ir/c1-25(2)34-22-29(28-13-10-9-11-14-28)23-35(26(3)4)38(34)45-37-21-27(5)17-20-36(37)44-40(45)33-16-12-15-31-32-19-18-30(24-42(6,7)8)43-41(32)46-39(31)33;1-21(2,3)19-15-22-20(17-11-5-4-6-12-17)14-18(19)13-16-9-7-8-10-16;/h9-15,17-23,25-26H,24H2,1-8H3;4-6,11,14-16H,7-10,13H2,1-3H3;/q2*-1;. The van der Waals surface area contributed by atoms with Crippen LogP contribution >= 0.6 is 0 Å². The molecule has 357 valence electrons. The van der Waals surface area contributed by atoms with Crippen LogP contribution in [0.3, 0.4) is 0 Å². The summed E-state index contributed by atoms with van der Waals surface area (Å²) < 4.78 is 10.6. The van der Waals surface area contributed by atoms with Crippen molar-refractivity contribution in [3.63, 3.8) is 0 Å². The summed E-state index contributed by atoms with van der Waals surface area (Å²) in [4.78, 5) is 15.1. The molecule has 0 bridgehead atoms. The molecule has 0 atom stereocenters. The third-order valence-electron chi connectivity index (χ3n) is 13.6. The molecule has 5 aromatic carbocycles. The fourth-order valence-corrected chi connectivity index (χ4v) is 13.6. The second-order valence-electron chi connectivity index (χ2n) is 22.1. The van der Waals surface area contributed by atoms with E-state index in [1.54, 1.807) is 9.96 Å². The Bertz CT molecular complexity index is 3190. The summed E-state index contributed by atoms with van der Waals surface area (Å²) in [5.41, 5.74) is 16.7. The second-order valence-corrected chi connectivity index (χ2v) is 32.7. The number of pyridine rings is 2. The van der Waals surface area contributed by atoms with E-state index in [-0.39, 0.29) is 37.4 Å². The summed E-state index contributed by atoms with van der Waals surface area (Å²) in [7, 11) is 0. The van der Waals surface area contributed by atoms with E-state index in [2.05, 4.69) is 193 Å². The van der Waals surface area contributed by atoms with Crippen molar-refractivity contribution in [2.45, 2.75) is 123 Å². The number of aryl methyl sites for hydroxylation is 1. The van der Waals surface area contributed by atoms with Gasteiger partial charge in [0.15, 0.2) is 0 Å². The van der Waals surface area contributed by atoms with Crippen LogP contribution < -0.4 is 4.40 Å². The van der Waals surface area contributed by atoms with Crippen molar-refractivity contribution in [3.05, 3.63) is 162 Å². The summed E-state index contributed by atoms with van der Waals surface area (Å²) in [6.45, 7) is 18.0. The van der Waals surface area contributed by atoms with Gasteiger partial charge in [-0.3, -0.25) is 4.98 Å². The van der Waals surface area contributed by atoms with Gasteiger partial charge in [-0.1, -0.05) is 95.8 Å². The predicted octanol–water partition coefficient (Wildman–Crippen LogP) is 16.4. The maximum absolute atomic E-state index is 6.64. The number of fused-ring (bicyclic) bond motifs is 4. The van der Waals surface area contributed by atoms with Crippen LogP contribution in [-0.2, 0) is 32.9 Å². The molecule has 1 fully saturated rings. The van der Waals surface area contributed by atoms with Crippen molar-refractivity contribution >= 4 is 50.8 Å². The largest absolute Gasteiger partial charge is 0 e.